The van der Waals surface area contributed by atoms with Gasteiger partial charge in [0.2, 0.25) is 0 Å². The topological polar surface area (TPSA) is 63.7 Å². The molecule has 0 radical (unpaired) electrons. The minimum Gasteiger partial charge on any atom is -0.497 e. The van der Waals surface area contributed by atoms with Crippen molar-refractivity contribution in [2.24, 2.45) is 0 Å². The predicted molar refractivity (Wildman–Crippen MR) is 112 cm³/mol. The number of aromatic nitrogens is 1. The summed E-state index contributed by atoms with van der Waals surface area (Å²) in [6.45, 7) is 1.67. The van der Waals surface area contributed by atoms with Crippen molar-refractivity contribution < 1.29 is 14.3 Å². The fraction of sp³-hybridized carbons (Fsp3) is 0.217. The first-order valence-corrected chi connectivity index (χ1v) is 9.60. The number of carbonyl (C=O) groups excluding carboxylic acids is 1. The van der Waals surface area contributed by atoms with Gasteiger partial charge in [-0.05, 0) is 48.4 Å². The van der Waals surface area contributed by atoms with Gasteiger partial charge in [-0.25, -0.2) is 0 Å². The van der Waals surface area contributed by atoms with Crippen LogP contribution >= 0.6 is 0 Å². The lowest BCUT2D eigenvalue weighted by Crippen LogP contribution is -2.28. The van der Waals surface area contributed by atoms with Gasteiger partial charge in [0, 0.05) is 18.4 Å². The van der Waals surface area contributed by atoms with Gasteiger partial charge in [0.25, 0.3) is 5.91 Å². The Balaban J connectivity index is 1.33. The summed E-state index contributed by atoms with van der Waals surface area (Å²) in [7, 11) is 1.62. The third-order valence-corrected chi connectivity index (χ3v) is 4.90. The highest BCUT2D eigenvalue weighted by molar-refractivity contribution is 5.95. The van der Waals surface area contributed by atoms with E-state index in [-0.39, 0.29) is 5.91 Å². The number of carbonyl (C=O) groups is 1. The molecule has 2 aromatic carbocycles. The van der Waals surface area contributed by atoms with Crippen LogP contribution in [-0.2, 0) is 6.42 Å². The smallest absolute Gasteiger partial charge is 0.253 e. The second-order valence-corrected chi connectivity index (χ2v) is 6.74. The summed E-state index contributed by atoms with van der Waals surface area (Å²) in [5, 5.41) is 2.88. The standard InChI is InChI=1S/C23H23N3O3/c1-28-20-6-8-21(9-7-20)29-13-11-25-23(27)18-14-19(16-24-15-18)26-12-10-17-4-2-3-5-22(17)26/h2-9,14-16H,10-13H2,1H3,(H,25,27). The molecule has 0 saturated heterocycles. The highest BCUT2D eigenvalue weighted by Crippen LogP contribution is 2.34. The Morgan fingerprint density at radius 2 is 1.90 bits per heavy atom. The van der Waals surface area contributed by atoms with Crippen molar-refractivity contribution in [3.63, 3.8) is 0 Å². The van der Waals surface area contributed by atoms with Gasteiger partial charge in [-0.15, -0.1) is 0 Å². The van der Waals surface area contributed by atoms with Gasteiger partial charge < -0.3 is 19.7 Å². The van der Waals surface area contributed by atoms with Crippen LogP contribution in [0, 0.1) is 0 Å². The minimum absolute atomic E-state index is 0.162. The van der Waals surface area contributed by atoms with Crippen molar-refractivity contribution in [1.29, 1.82) is 0 Å². The van der Waals surface area contributed by atoms with Crippen molar-refractivity contribution >= 4 is 17.3 Å². The Kier molecular flexibility index (Phi) is 5.61. The Bertz CT molecular complexity index is 989. The number of rotatable bonds is 7. The molecular formula is C23H23N3O3. The van der Waals surface area contributed by atoms with E-state index in [0.29, 0.717) is 18.7 Å². The molecule has 3 aromatic rings. The SMILES string of the molecule is COc1ccc(OCCNC(=O)c2cncc(N3CCc4ccccc43)c2)cc1. The molecule has 0 unspecified atom stereocenters. The molecule has 0 atom stereocenters. The fourth-order valence-corrected chi connectivity index (χ4v) is 3.41. The molecule has 1 N–H and O–H groups in total. The Labute approximate surface area is 170 Å². The van der Waals surface area contributed by atoms with Crippen LogP contribution < -0.4 is 19.7 Å². The maximum atomic E-state index is 12.5. The number of benzene rings is 2. The molecule has 6 nitrogen and oxygen atoms in total. The minimum atomic E-state index is -0.162. The molecule has 1 amide bonds. The van der Waals surface area contributed by atoms with E-state index < -0.39 is 0 Å². The molecule has 1 aliphatic heterocycles. The zero-order valence-electron chi connectivity index (χ0n) is 16.3. The van der Waals surface area contributed by atoms with E-state index in [1.165, 1.54) is 11.3 Å². The number of hydrogen-bond acceptors (Lipinski definition) is 5. The van der Waals surface area contributed by atoms with Gasteiger partial charge in [0.05, 0.1) is 31.1 Å². The lowest BCUT2D eigenvalue weighted by molar-refractivity contribution is 0.0946. The highest BCUT2D eigenvalue weighted by Gasteiger charge is 2.20. The number of para-hydroxylation sites is 1. The summed E-state index contributed by atoms with van der Waals surface area (Å²) >= 11 is 0. The summed E-state index contributed by atoms with van der Waals surface area (Å²) in [5.41, 5.74) is 3.96. The maximum Gasteiger partial charge on any atom is 0.253 e. The van der Waals surface area contributed by atoms with Crippen molar-refractivity contribution in [2.75, 3.05) is 31.7 Å². The van der Waals surface area contributed by atoms with Gasteiger partial charge in [0.15, 0.2) is 0 Å². The first kappa shape index (κ1) is 18.8. The number of methoxy groups -OCH3 is 1. The number of fused-ring (bicyclic) bond motifs is 1. The lowest BCUT2D eigenvalue weighted by Gasteiger charge is -2.19. The van der Waals surface area contributed by atoms with E-state index in [0.717, 1.165) is 30.2 Å². The molecule has 0 bridgehead atoms. The number of nitrogens with one attached hydrogen (secondary N) is 1. The molecular weight excluding hydrogens is 366 g/mol. The first-order chi connectivity index (χ1) is 14.2. The van der Waals surface area contributed by atoms with E-state index in [1.807, 2.05) is 36.4 Å². The number of anilines is 2. The molecule has 29 heavy (non-hydrogen) atoms. The van der Waals surface area contributed by atoms with Crippen LogP contribution in [0.2, 0.25) is 0 Å². The molecule has 0 fully saturated rings. The van der Waals surface area contributed by atoms with Crippen LogP contribution in [0.15, 0.2) is 67.0 Å². The summed E-state index contributed by atoms with van der Waals surface area (Å²) in [5.74, 6) is 1.35. The summed E-state index contributed by atoms with van der Waals surface area (Å²) in [6.07, 6.45) is 4.38. The third-order valence-electron chi connectivity index (χ3n) is 4.90. The van der Waals surface area contributed by atoms with Crippen LogP contribution in [-0.4, -0.2) is 37.7 Å². The molecule has 2 heterocycles. The van der Waals surface area contributed by atoms with Crippen LogP contribution in [0.4, 0.5) is 11.4 Å². The number of nitrogens with zero attached hydrogens (tertiary/aromatic N) is 2. The molecule has 1 aromatic heterocycles. The Morgan fingerprint density at radius 3 is 2.72 bits per heavy atom. The van der Waals surface area contributed by atoms with Crippen LogP contribution in [0.3, 0.4) is 0 Å². The van der Waals surface area contributed by atoms with Crippen LogP contribution in [0.5, 0.6) is 11.5 Å². The second-order valence-electron chi connectivity index (χ2n) is 6.74. The molecule has 6 heteroatoms. The summed E-state index contributed by atoms with van der Waals surface area (Å²) in [6, 6.07) is 17.6. The monoisotopic (exact) mass is 389 g/mol. The number of ether oxygens (including phenoxy) is 2. The first-order valence-electron chi connectivity index (χ1n) is 9.60. The maximum absolute atomic E-state index is 12.5. The van der Waals surface area contributed by atoms with Gasteiger partial charge in [-0.3, -0.25) is 9.78 Å². The van der Waals surface area contributed by atoms with Gasteiger partial charge in [-0.1, -0.05) is 18.2 Å². The van der Waals surface area contributed by atoms with E-state index >= 15 is 0 Å². The average molecular weight is 389 g/mol. The van der Waals surface area contributed by atoms with E-state index in [4.69, 9.17) is 9.47 Å². The summed E-state index contributed by atoms with van der Waals surface area (Å²) in [4.78, 5) is 19.0. The predicted octanol–water partition coefficient (Wildman–Crippen LogP) is 3.59. The normalized spacial score (nSPS) is 12.4. The molecule has 0 spiro atoms. The van der Waals surface area contributed by atoms with E-state index in [1.54, 1.807) is 19.5 Å². The quantitative estimate of drug-likeness (QED) is 0.626. The number of hydrogen-bond donors (Lipinski definition) is 1. The zero-order valence-corrected chi connectivity index (χ0v) is 16.3. The van der Waals surface area contributed by atoms with Crippen molar-refractivity contribution in [3.8, 4) is 11.5 Å². The van der Waals surface area contributed by atoms with E-state index in [9.17, 15) is 4.79 Å². The largest absolute Gasteiger partial charge is 0.497 e. The van der Waals surface area contributed by atoms with Crippen molar-refractivity contribution in [1.82, 2.24) is 10.3 Å². The lowest BCUT2D eigenvalue weighted by atomic mass is 10.2. The number of pyridine rings is 1. The third kappa shape index (κ3) is 4.32. The van der Waals surface area contributed by atoms with E-state index in [2.05, 4.69) is 33.4 Å². The van der Waals surface area contributed by atoms with Crippen molar-refractivity contribution in [3.05, 3.63) is 78.1 Å². The summed E-state index contributed by atoms with van der Waals surface area (Å²) < 4.78 is 10.8. The van der Waals surface area contributed by atoms with Gasteiger partial charge in [-0.2, -0.15) is 0 Å². The highest BCUT2D eigenvalue weighted by atomic mass is 16.5. The van der Waals surface area contributed by atoms with Gasteiger partial charge >= 0.3 is 0 Å². The Hall–Kier alpha value is -3.54. The average Bonchev–Trinajstić information content (AvgIpc) is 3.21. The number of amides is 1. The fourth-order valence-electron chi connectivity index (χ4n) is 3.41. The zero-order chi connectivity index (χ0) is 20.1. The van der Waals surface area contributed by atoms with Crippen LogP contribution in [0.1, 0.15) is 15.9 Å². The van der Waals surface area contributed by atoms with Gasteiger partial charge in [0.1, 0.15) is 18.1 Å². The Morgan fingerprint density at radius 1 is 1.10 bits per heavy atom. The van der Waals surface area contributed by atoms with Crippen LogP contribution in [0.25, 0.3) is 0 Å². The molecule has 0 aliphatic carbocycles. The molecule has 1 aliphatic rings. The molecule has 148 valence electrons. The molecule has 0 saturated carbocycles. The molecule has 4 rings (SSSR count). The van der Waals surface area contributed by atoms with Crippen molar-refractivity contribution in [2.45, 2.75) is 6.42 Å². The second kappa shape index (κ2) is 8.65.